The third kappa shape index (κ3) is 5.77. The van der Waals surface area contributed by atoms with Crippen LogP contribution < -0.4 is 15.0 Å². The van der Waals surface area contributed by atoms with Crippen molar-refractivity contribution in [2.75, 3.05) is 49.6 Å². The minimum absolute atomic E-state index is 0.0402. The van der Waals surface area contributed by atoms with E-state index in [4.69, 9.17) is 9.47 Å². The van der Waals surface area contributed by atoms with E-state index in [9.17, 15) is 9.59 Å². The number of carbonyl (C=O) groups excluding carboxylic acids is 2. The molecule has 31 heavy (non-hydrogen) atoms. The zero-order chi connectivity index (χ0) is 21.6. The van der Waals surface area contributed by atoms with E-state index in [0.29, 0.717) is 24.6 Å². The maximum absolute atomic E-state index is 12.8. The smallest absolute Gasteiger partial charge is 0.267 e. The van der Waals surface area contributed by atoms with Crippen molar-refractivity contribution in [2.24, 2.45) is 5.92 Å². The zero-order valence-electron chi connectivity index (χ0n) is 18.6. The van der Waals surface area contributed by atoms with Crippen molar-refractivity contribution in [3.8, 4) is 5.75 Å². The highest BCUT2D eigenvalue weighted by molar-refractivity contribution is 6.01. The second-order valence-corrected chi connectivity index (χ2v) is 8.98. The van der Waals surface area contributed by atoms with Crippen molar-refractivity contribution in [3.63, 3.8) is 0 Å². The van der Waals surface area contributed by atoms with Gasteiger partial charge in [-0.25, -0.2) is 0 Å². The normalized spacial score (nSPS) is 22.7. The largest absolute Gasteiger partial charge is 0.479 e. The first-order valence-corrected chi connectivity index (χ1v) is 11.8. The van der Waals surface area contributed by atoms with Gasteiger partial charge in [0.15, 0.2) is 6.10 Å². The first kappa shape index (κ1) is 22.1. The van der Waals surface area contributed by atoms with Crippen LogP contribution in [0.4, 0.5) is 11.4 Å². The van der Waals surface area contributed by atoms with Gasteiger partial charge in [-0.2, -0.15) is 0 Å². The molecule has 7 nitrogen and oxygen atoms in total. The number of rotatable bonds is 7. The molecule has 1 atom stereocenters. The van der Waals surface area contributed by atoms with Crippen LogP contribution in [0, 0.1) is 5.92 Å². The fourth-order valence-electron chi connectivity index (χ4n) is 4.82. The fraction of sp³-hybridized carbons (Fsp3) is 0.667. The van der Waals surface area contributed by atoms with E-state index in [1.807, 2.05) is 18.2 Å². The molecule has 3 aliphatic rings. The Balaban J connectivity index is 1.39. The second kappa shape index (κ2) is 10.5. The third-order valence-corrected chi connectivity index (χ3v) is 6.70. The second-order valence-electron chi connectivity index (χ2n) is 8.98. The van der Waals surface area contributed by atoms with Crippen LogP contribution in [0.2, 0.25) is 0 Å². The molecule has 1 N–H and O–H groups in total. The lowest BCUT2D eigenvalue weighted by molar-refractivity contribution is -0.125. The van der Waals surface area contributed by atoms with Gasteiger partial charge in [-0.05, 0) is 37.5 Å². The number of fused-ring (bicyclic) bond motifs is 1. The Morgan fingerprint density at radius 3 is 2.68 bits per heavy atom. The van der Waals surface area contributed by atoms with Gasteiger partial charge in [0.2, 0.25) is 5.91 Å². The molecule has 0 radical (unpaired) electrons. The van der Waals surface area contributed by atoms with Crippen molar-refractivity contribution in [1.29, 1.82) is 0 Å². The Kier molecular flexibility index (Phi) is 7.45. The van der Waals surface area contributed by atoms with Crippen molar-refractivity contribution in [2.45, 2.75) is 58.0 Å². The molecule has 2 aliphatic heterocycles. The molecule has 2 fully saturated rings. The number of hydrogen-bond donors (Lipinski definition) is 1. The summed E-state index contributed by atoms with van der Waals surface area (Å²) in [6.45, 7) is 6.42. The molecule has 0 aromatic heterocycles. The standard InChI is InChI=1S/C24H35N3O4/c1-18-24(29)27(12-11-26-13-15-30-16-14-26)21-17-20(8-9-22(21)31-18)25-23(28)10-7-19-5-3-2-4-6-19/h8-9,17-19H,2-7,10-16H2,1H3,(H,25,28). The summed E-state index contributed by atoms with van der Waals surface area (Å²) in [6.07, 6.45) is 7.43. The molecule has 7 heteroatoms. The summed E-state index contributed by atoms with van der Waals surface area (Å²) in [5, 5.41) is 3.02. The molecule has 0 bridgehead atoms. The predicted octanol–water partition coefficient (Wildman–Crippen LogP) is 3.43. The van der Waals surface area contributed by atoms with Gasteiger partial charge < -0.3 is 19.7 Å². The molecular weight excluding hydrogens is 394 g/mol. The summed E-state index contributed by atoms with van der Waals surface area (Å²) in [4.78, 5) is 29.5. The molecule has 170 valence electrons. The van der Waals surface area contributed by atoms with Crippen LogP contribution in [-0.4, -0.2) is 62.2 Å². The maximum atomic E-state index is 12.8. The van der Waals surface area contributed by atoms with E-state index in [2.05, 4.69) is 10.2 Å². The number of amides is 2. The Morgan fingerprint density at radius 1 is 1.13 bits per heavy atom. The molecule has 1 saturated heterocycles. The first-order valence-electron chi connectivity index (χ1n) is 11.8. The monoisotopic (exact) mass is 429 g/mol. The molecule has 0 spiro atoms. The van der Waals surface area contributed by atoms with Gasteiger partial charge in [-0.3, -0.25) is 14.5 Å². The van der Waals surface area contributed by atoms with Gasteiger partial charge in [0.05, 0.1) is 18.9 Å². The van der Waals surface area contributed by atoms with Crippen LogP contribution in [0.5, 0.6) is 5.75 Å². The van der Waals surface area contributed by atoms with E-state index in [1.165, 1.54) is 32.1 Å². The van der Waals surface area contributed by atoms with Crippen LogP contribution in [0.15, 0.2) is 18.2 Å². The van der Waals surface area contributed by atoms with Gasteiger partial charge in [0, 0.05) is 38.3 Å². The first-order chi connectivity index (χ1) is 15.1. The molecule has 1 aliphatic carbocycles. The lowest BCUT2D eigenvalue weighted by Crippen LogP contribution is -2.48. The van der Waals surface area contributed by atoms with Gasteiger partial charge >= 0.3 is 0 Å². The number of benzene rings is 1. The van der Waals surface area contributed by atoms with Crippen LogP contribution in [0.3, 0.4) is 0 Å². The van der Waals surface area contributed by atoms with Crippen molar-refractivity contribution in [1.82, 2.24) is 4.90 Å². The topological polar surface area (TPSA) is 71.1 Å². The van der Waals surface area contributed by atoms with Crippen LogP contribution in [0.25, 0.3) is 0 Å². The van der Waals surface area contributed by atoms with E-state index >= 15 is 0 Å². The lowest BCUT2D eigenvalue weighted by atomic mass is 9.86. The average Bonchev–Trinajstić information content (AvgIpc) is 2.80. The van der Waals surface area contributed by atoms with Gasteiger partial charge in [0.25, 0.3) is 5.91 Å². The maximum Gasteiger partial charge on any atom is 0.267 e. The van der Waals surface area contributed by atoms with Gasteiger partial charge in [-0.1, -0.05) is 32.1 Å². The fourth-order valence-corrected chi connectivity index (χ4v) is 4.82. The highest BCUT2D eigenvalue weighted by Crippen LogP contribution is 2.36. The minimum Gasteiger partial charge on any atom is -0.479 e. The molecular formula is C24H35N3O4. The SMILES string of the molecule is CC1Oc2ccc(NC(=O)CCC3CCCCC3)cc2N(CCN2CCOCC2)C1=O. The Morgan fingerprint density at radius 2 is 1.90 bits per heavy atom. The number of anilines is 2. The van der Waals surface area contributed by atoms with Gasteiger partial charge in [0.1, 0.15) is 5.75 Å². The van der Waals surface area contributed by atoms with Crippen LogP contribution in [-0.2, 0) is 14.3 Å². The van der Waals surface area contributed by atoms with Crippen molar-refractivity contribution < 1.29 is 19.1 Å². The third-order valence-electron chi connectivity index (χ3n) is 6.70. The summed E-state index contributed by atoms with van der Waals surface area (Å²) in [5.74, 6) is 1.38. The predicted molar refractivity (Wildman–Crippen MR) is 121 cm³/mol. The number of morpholine rings is 1. The number of nitrogens with zero attached hydrogens (tertiary/aromatic N) is 2. The number of hydrogen-bond acceptors (Lipinski definition) is 5. The molecule has 2 amide bonds. The van der Waals surface area contributed by atoms with Crippen LogP contribution in [0.1, 0.15) is 51.9 Å². The zero-order valence-corrected chi connectivity index (χ0v) is 18.6. The number of carbonyl (C=O) groups is 2. The summed E-state index contributed by atoms with van der Waals surface area (Å²) in [6, 6.07) is 5.59. The van der Waals surface area contributed by atoms with Crippen molar-refractivity contribution in [3.05, 3.63) is 18.2 Å². The number of ether oxygens (including phenoxy) is 2. The quantitative estimate of drug-likeness (QED) is 0.719. The Hall–Kier alpha value is -2.12. The van der Waals surface area contributed by atoms with Crippen molar-refractivity contribution >= 4 is 23.2 Å². The average molecular weight is 430 g/mol. The molecule has 1 unspecified atom stereocenters. The summed E-state index contributed by atoms with van der Waals surface area (Å²) >= 11 is 0. The van der Waals surface area contributed by atoms with E-state index in [1.54, 1.807) is 11.8 Å². The molecule has 2 heterocycles. The van der Waals surface area contributed by atoms with E-state index < -0.39 is 6.10 Å². The Labute approximate surface area is 185 Å². The van der Waals surface area contributed by atoms with E-state index in [-0.39, 0.29) is 11.8 Å². The van der Waals surface area contributed by atoms with E-state index in [0.717, 1.165) is 50.6 Å². The lowest BCUT2D eigenvalue weighted by Gasteiger charge is -2.35. The summed E-state index contributed by atoms with van der Waals surface area (Å²) in [7, 11) is 0. The summed E-state index contributed by atoms with van der Waals surface area (Å²) < 4.78 is 11.2. The van der Waals surface area contributed by atoms with Gasteiger partial charge in [-0.15, -0.1) is 0 Å². The minimum atomic E-state index is -0.506. The Bertz CT molecular complexity index is 772. The number of nitrogens with one attached hydrogen (secondary N) is 1. The molecule has 1 saturated carbocycles. The molecule has 1 aromatic carbocycles. The van der Waals surface area contributed by atoms with Crippen LogP contribution >= 0.6 is 0 Å². The summed E-state index contributed by atoms with van der Waals surface area (Å²) in [5.41, 5.74) is 1.45. The molecule has 4 rings (SSSR count). The highest BCUT2D eigenvalue weighted by Gasteiger charge is 2.32. The molecule has 1 aromatic rings. The highest BCUT2D eigenvalue weighted by atomic mass is 16.5.